The summed E-state index contributed by atoms with van der Waals surface area (Å²) in [4.78, 5) is 0. The summed E-state index contributed by atoms with van der Waals surface area (Å²) in [5, 5.41) is 3.51. The van der Waals surface area contributed by atoms with E-state index in [0.29, 0.717) is 6.04 Å². The van der Waals surface area contributed by atoms with E-state index in [-0.39, 0.29) is 5.60 Å². The topological polar surface area (TPSA) is 21.3 Å². The minimum absolute atomic E-state index is 0.0556. The van der Waals surface area contributed by atoms with Crippen LogP contribution >= 0.6 is 0 Å². The van der Waals surface area contributed by atoms with Crippen LogP contribution in [0.15, 0.2) is 0 Å². The average molecular weight is 215 g/mol. The molecule has 92 valence electrons. The van der Waals surface area contributed by atoms with E-state index in [1.807, 2.05) is 0 Å². The van der Waals surface area contributed by atoms with E-state index in [1.165, 1.54) is 25.7 Å². The van der Waals surface area contributed by atoms with Crippen molar-refractivity contribution in [3.8, 4) is 0 Å². The van der Waals surface area contributed by atoms with Gasteiger partial charge in [-0.2, -0.15) is 0 Å². The van der Waals surface area contributed by atoms with Crippen molar-refractivity contribution in [1.82, 2.24) is 5.32 Å². The highest BCUT2D eigenvalue weighted by atomic mass is 16.5. The fourth-order valence-electron chi connectivity index (χ4n) is 1.60. The zero-order valence-corrected chi connectivity index (χ0v) is 11.2. The summed E-state index contributed by atoms with van der Waals surface area (Å²) >= 11 is 0. The van der Waals surface area contributed by atoms with Crippen molar-refractivity contribution in [2.24, 2.45) is 0 Å². The molecular formula is C13H29NO. The molecule has 0 aliphatic heterocycles. The Morgan fingerprint density at radius 3 is 2.47 bits per heavy atom. The maximum absolute atomic E-state index is 5.39. The Hall–Kier alpha value is -0.0800. The molecule has 0 saturated carbocycles. The standard InChI is InChI=1S/C13H29NO/c1-6-11-14-12(2)9-7-8-10-13(3,4)15-5/h12,14H,6-11H2,1-5H3. The summed E-state index contributed by atoms with van der Waals surface area (Å²) in [5.41, 5.74) is 0.0556. The maximum Gasteiger partial charge on any atom is 0.0622 e. The Morgan fingerprint density at radius 1 is 1.27 bits per heavy atom. The molecule has 1 atom stereocenters. The predicted octanol–water partition coefficient (Wildman–Crippen LogP) is 3.36. The number of nitrogens with one attached hydrogen (secondary N) is 1. The predicted molar refractivity (Wildman–Crippen MR) is 67.3 cm³/mol. The molecule has 15 heavy (non-hydrogen) atoms. The summed E-state index contributed by atoms with van der Waals surface area (Å²) in [7, 11) is 1.80. The number of unbranched alkanes of at least 4 members (excludes halogenated alkanes) is 1. The van der Waals surface area contributed by atoms with E-state index in [0.717, 1.165) is 13.0 Å². The van der Waals surface area contributed by atoms with Gasteiger partial charge in [-0.25, -0.2) is 0 Å². The van der Waals surface area contributed by atoms with Crippen LogP contribution in [-0.2, 0) is 4.74 Å². The van der Waals surface area contributed by atoms with Gasteiger partial charge in [0, 0.05) is 13.2 Å². The third-order valence-electron chi connectivity index (χ3n) is 2.96. The summed E-state index contributed by atoms with van der Waals surface area (Å²) in [6.45, 7) is 9.94. The molecule has 0 amide bonds. The molecule has 0 heterocycles. The molecule has 0 radical (unpaired) electrons. The van der Waals surface area contributed by atoms with E-state index in [2.05, 4.69) is 33.0 Å². The zero-order valence-electron chi connectivity index (χ0n) is 11.2. The minimum Gasteiger partial charge on any atom is -0.379 e. The molecule has 0 aromatic carbocycles. The van der Waals surface area contributed by atoms with Crippen molar-refractivity contribution in [1.29, 1.82) is 0 Å². The van der Waals surface area contributed by atoms with Crippen LogP contribution in [0.1, 0.15) is 59.8 Å². The lowest BCUT2D eigenvalue weighted by Crippen LogP contribution is -2.27. The van der Waals surface area contributed by atoms with Crippen molar-refractivity contribution >= 4 is 0 Å². The Kier molecular flexibility index (Phi) is 8.07. The summed E-state index contributed by atoms with van der Waals surface area (Å²) < 4.78 is 5.39. The highest BCUT2D eigenvalue weighted by Crippen LogP contribution is 2.17. The molecule has 0 aromatic heterocycles. The van der Waals surface area contributed by atoms with Crippen molar-refractivity contribution in [2.75, 3.05) is 13.7 Å². The first-order chi connectivity index (χ1) is 7.02. The van der Waals surface area contributed by atoms with Gasteiger partial charge in [0.05, 0.1) is 5.60 Å². The van der Waals surface area contributed by atoms with Gasteiger partial charge in [0.2, 0.25) is 0 Å². The molecule has 0 fully saturated rings. The van der Waals surface area contributed by atoms with Gasteiger partial charge in [0.25, 0.3) is 0 Å². The first kappa shape index (κ1) is 14.9. The van der Waals surface area contributed by atoms with E-state index < -0.39 is 0 Å². The largest absolute Gasteiger partial charge is 0.379 e. The Labute approximate surface area is 95.8 Å². The average Bonchev–Trinajstić information content (AvgIpc) is 2.21. The number of hydrogen-bond acceptors (Lipinski definition) is 2. The molecule has 0 bridgehead atoms. The number of hydrogen-bond donors (Lipinski definition) is 1. The Balaban J connectivity index is 3.37. The van der Waals surface area contributed by atoms with Gasteiger partial charge < -0.3 is 10.1 Å². The fourth-order valence-corrected chi connectivity index (χ4v) is 1.60. The van der Waals surface area contributed by atoms with Crippen molar-refractivity contribution in [2.45, 2.75) is 71.4 Å². The number of ether oxygens (including phenoxy) is 1. The highest BCUT2D eigenvalue weighted by molar-refractivity contribution is 4.68. The van der Waals surface area contributed by atoms with Gasteiger partial charge in [0.15, 0.2) is 0 Å². The third-order valence-corrected chi connectivity index (χ3v) is 2.96. The summed E-state index contributed by atoms with van der Waals surface area (Å²) in [6.07, 6.45) is 6.22. The zero-order chi connectivity index (χ0) is 11.7. The summed E-state index contributed by atoms with van der Waals surface area (Å²) in [5.74, 6) is 0. The second-order valence-electron chi connectivity index (χ2n) is 5.06. The van der Waals surface area contributed by atoms with Crippen molar-refractivity contribution in [3.05, 3.63) is 0 Å². The van der Waals surface area contributed by atoms with E-state index in [9.17, 15) is 0 Å². The second kappa shape index (κ2) is 8.12. The van der Waals surface area contributed by atoms with Gasteiger partial charge in [-0.1, -0.05) is 19.8 Å². The van der Waals surface area contributed by atoms with Crippen molar-refractivity contribution in [3.63, 3.8) is 0 Å². The first-order valence-electron chi connectivity index (χ1n) is 6.30. The van der Waals surface area contributed by atoms with Crippen LogP contribution < -0.4 is 5.32 Å². The van der Waals surface area contributed by atoms with Gasteiger partial charge in [0.1, 0.15) is 0 Å². The molecule has 1 unspecified atom stereocenters. The lowest BCUT2D eigenvalue weighted by Gasteiger charge is -2.23. The monoisotopic (exact) mass is 215 g/mol. The fraction of sp³-hybridized carbons (Fsp3) is 1.00. The van der Waals surface area contributed by atoms with Crippen LogP contribution in [0.3, 0.4) is 0 Å². The summed E-state index contributed by atoms with van der Waals surface area (Å²) in [6, 6.07) is 0.663. The van der Waals surface area contributed by atoms with Gasteiger partial charge in [-0.3, -0.25) is 0 Å². The smallest absolute Gasteiger partial charge is 0.0622 e. The molecule has 0 rings (SSSR count). The first-order valence-corrected chi connectivity index (χ1v) is 6.30. The van der Waals surface area contributed by atoms with Crippen LogP contribution in [0.5, 0.6) is 0 Å². The molecule has 0 saturated heterocycles. The number of methoxy groups -OCH3 is 1. The van der Waals surface area contributed by atoms with Crippen LogP contribution in [0.4, 0.5) is 0 Å². The second-order valence-corrected chi connectivity index (χ2v) is 5.06. The van der Waals surface area contributed by atoms with E-state index in [1.54, 1.807) is 7.11 Å². The van der Waals surface area contributed by atoms with E-state index in [4.69, 9.17) is 4.74 Å². The molecule has 0 aliphatic carbocycles. The quantitative estimate of drug-likeness (QED) is 0.595. The molecule has 0 aliphatic rings. The number of rotatable bonds is 9. The van der Waals surface area contributed by atoms with Crippen molar-refractivity contribution < 1.29 is 4.74 Å². The lowest BCUT2D eigenvalue weighted by atomic mass is 9.99. The molecule has 0 spiro atoms. The van der Waals surface area contributed by atoms with E-state index >= 15 is 0 Å². The van der Waals surface area contributed by atoms with Gasteiger partial charge in [-0.05, 0) is 46.6 Å². The van der Waals surface area contributed by atoms with Gasteiger partial charge in [-0.15, -0.1) is 0 Å². The Morgan fingerprint density at radius 2 is 1.93 bits per heavy atom. The minimum atomic E-state index is 0.0556. The lowest BCUT2D eigenvalue weighted by molar-refractivity contribution is 0.0133. The van der Waals surface area contributed by atoms with Crippen LogP contribution in [0.2, 0.25) is 0 Å². The van der Waals surface area contributed by atoms with Crippen LogP contribution in [0, 0.1) is 0 Å². The molecular weight excluding hydrogens is 186 g/mol. The maximum atomic E-state index is 5.39. The molecule has 0 aromatic rings. The van der Waals surface area contributed by atoms with Crippen LogP contribution in [0.25, 0.3) is 0 Å². The normalized spacial score (nSPS) is 14.2. The molecule has 1 N–H and O–H groups in total. The molecule has 2 heteroatoms. The van der Waals surface area contributed by atoms with Crippen LogP contribution in [-0.4, -0.2) is 25.3 Å². The SMILES string of the molecule is CCCNC(C)CCCCC(C)(C)OC. The Bertz CT molecular complexity index is 145. The molecule has 2 nitrogen and oxygen atoms in total. The highest BCUT2D eigenvalue weighted by Gasteiger charge is 2.15. The third kappa shape index (κ3) is 8.88. The van der Waals surface area contributed by atoms with Gasteiger partial charge >= 0.3 is 0 Å².